The number of carboxylic acids is 1. The summed E-state index contributed by atoms with van der Waals surface area (Å²) < 4.78 is 0. The van der Waals surface area contributed by atoms with Gasteiger partial charge in [-0.2, -0.15) is 0 Å². The SMILES string of the molecule is O=C1C[C@@H](C(=O)O)c2ccccc21. The Kier molecular flexibility index (Phi) is 1.65. The van der Waals surface area contributed by atoms with E-state index in [0.29, 0.717) is 11.1 Å². The number of benzene rings is 1. The average molecular weight is 176 g/mol. The van der Waals surface area contributed by atoms with Crippen LogP contribution in [0.2, 0.25) is 0 Å². The van der Waals surface area contributed by atoms with Crippen LogP contribution in [-0.4, -0.2) is 16.9 Å². The number of aliphatic carboxylic acids is 1. The molecule has 1 atom stereocenters. The highest BCUT2D eigenvalue weighted by Crippen LogP contribution is 2.32. The number of fused-ring (bicyclic) bond motifs is 1. The van der Waals surface area contributed by atoms with E-state index >= 15 is 0 Å². The topological polar surface area (TPSA) is 54.4 Å². The van der Waals surface area contributed by atoms with E-state index in [9.17, 15) is 9.59 Å². The maximum Gasteiger partial charge on any atom is 0.311 e. The maximum atomic E-state index is 11.3. The first-order valence-electron chi connectivity index (χ1n) is 4.05. The third kappa shape index (κ3) is 1.13. The first-order chi connectivity index (χ1) is 6.20. The summed E-state index contributed by atoms with van der Waals surface area (Å²) in [5, 5.41) is 8.83. The Morgan fingerprint density at radius 3 is 2.77 bits per heavy atom. The lowest BCUT2D eigenvalue weighted by Gasteiger charge is -2.02. The molecule has 1 N–H and O–H groups in total. The number of rotatable bonds is 1. The first-order valence-corrected chi connectivity index (χ1v) is 4.05. The quantitative estimate of drug-likeness (QED) is 0.704. The monoisotopic (exact) mass is 176 g/mol. The Labute approximate surface area is 75.0 Å². The van der Waals surface area contributed by atoms with Gasteiger partial charge in [-0.3, -0.25) is 9.59 Å². The van der Waals surface area contributed by atoms with E-state index < -0.39 is 11.9 Å². The van der Waals surface area contributed by atoms with Crippen molar-refractivity contribution in [1.29, 1.82) is 0 Å². The Balaban J connectivity index is 2.53. The van der Waals surface area contributed by atoms with E-state index in [1.54, 1.807) is 24.3 Å². The van der Waals surface area contributed by atoms with Gasteiger partial charge in [0, 0.05) is 12.0 Å². The van der Waals surface area contributed by atoms with Crippen LogP contribution in [0.4, 0.5) is 0 Å². The molecule has 13 heavy (non-hydrogen) atoms. The number of ketones is 1. The van der Waals surface area contributed by atoms with E-state index in [-0.39, 0.29) is 12.2 Å². The van der Waals surface area contributed by atoms with Crippen molar-refractivity contribution in [3.8, 4) is 0 Å². The number of Topliss-reactive ketones (excluding diaryl/α,β-unsaturated/α-hetero) is 1. The van der Waals surface area contributed by atoms with Gasteiger partial charge in [0.05, 0.1) is 5.92 Å². The fraction of sp³-hybridized carbons (Fsp3) is 0.200. The van der Waals surface area contributed by atoms with Crippen LogP contribution in [0.15, 0.2) is 24.3 Å². The molecule has 3 heteroatoms. The van der Waals surface area contributed by atoms with Crippen LogP contribution in [-0.2, 0) is 4.79 Å². The Hall–Kier alpha value is -1.64. The molecule has 3 nitrogen and oxygen atoms in total. The summed E-state index contributed by atoms with van der Waals surface area (Å²) in [4.78, 5) is 22.1. The molecule has 1 aromatic rings. The standard InChI is InChI=1S/C10H8O3/c11-9-5-8(10(12)13)6-3-1-2-4-7(6)9/h1-4,8H,5H2,(H,12,13)/t8-/m1/s1. The molecular weight excluding hydrogens is 168 g/mol. The van der Waals surface area contributed by atoms with Crippen molar-refractivity contribution in [2.45, 2.75) is 12.3 Å². The molecular formula is C10H8O3. The van der Waals surface area contributed by atoms with Gasteiger partial charge in [-0.15, -0.1) is 0 Å². The molecule has 0 saturated heterocycles. The van der Waals surface area contributed by atoms with Crippen molar-refractivity contribution in [2.75, 3.05) is 0 Å². The van der Waals surface area contributed by atoms with Crippen molar-refractivity contribution >= 4 is 11.8 Å². The van der Waals surface area contributed by atoms with Crippen molar-refractivity contribution < 1.29 is 14.7 Å². The Morgan fingerprint density at radius 1 is 1.38 bits per heavy atom. The van der Waals surface area contributed by atoms with Gasteiger partial charge in [-0.05, 0) is 5.56 Å². The molecule has 0 spiro atoms. The number of carbonyl (C=O) groups excluding carboxylic acids is 1. The van der Waals surface area contributed by atoms with E-state index in [4.69, 9.17) is 5.11 Å². The van der Waals surface area contributed by atoms with Gasteiger partial charge in [0.15, 0.2) is 5.78 Å². The molecule has 0 amide bonds. The maximum absolute atomic E-state index is 11.3. The molecule has 0 aliphatic heterocycles. The molecule has 0 aromatic heterocycles. The second-order valence-corrected chi connectivity index (χ2v) is 3.11. The highest BCUT2D eigenvalue weighted by molar-refractivity contribution is 6.05. The number of carboxylic acid groups (broad SMARTS) is 1. The predicted octanol–water partition coefficient (Wildman–Crippen LogP) is 1.44. The third-order valence-electron chi connectivity index (χ3n) is 2.32. The van der Waals surface area contributed by atoms with Crippen molar-refractivity contribution in [2.24, 2.45) is 0 Å². The van der Waals surface area contributed by atoms with Crippen LogP contribution in [0.25, 0.3) is 0 Å². The smallest absolute Gasteiger partial charge is 0.311 e. The minimum atomic E-state index is -0.918. The number of hydrogen-bond acceptors (Lipinski definition) is 2. The summed E-state index contributed by atoms with van der Waals surface area (Å²) in [6, 6.07) is 6.90. The Bertz CT molecular complexity index is 382. The second-order valence-electron chi connectivity index (χ2n) is 3.11. The van der Waals surface area contributed by atoms with Crippen LogP contribution in [0, 0.1) is 0 Å². The van der Waals surface area contributed by atoms with Crippen LogP contribution >= 0.6 is 0 Å². The number of carbonyl (C=O) groups is 2. The number of hydrogen-bond donors (Lipinski definition) is 1. The molecule has 0 radical (unpaired) electrons. The van der Waals surface area contributed by atoms with E-state index in [1.807, 2.05) is 0 Å². The molecule has 1 aromatic carbocycles. The van der Waals surface area contributed by atoms with Crippen LogP contribution < -0.4 is 0 Å². The molecule has 66 valence electrons. The van der Waals surface area contributed by atoms with Gasteiger partial charge in [0.25, 0.3) is 0 Å². The zero-order chi connectivity index (χ0) is 9.42. The zero-order valence-corrected chi connectivity index (χ0v) is 6.86. The Morgan fingerprint density at radius 2 is 2.08 bits per heavy atom. The lowest BCUT2D eigenvalue weighted by Crippen LogP contribution is -2.08. The fourth-order valence-corrected chi connectivity index (χ4v) is 1.68. The predicted molar refractivity (Wildman–Crippen MR) is 45.8 cm³/mol. The van der Waals surface area contributed by atoms with Crippen LogP contribution in [0.3, 0.4) is 0 Å². The van der Waals surface area contributed by atoms with E-state index in [0.717, 1.165) is 0 Å². The van der Waals surface area contributed by atoms with Gasteiger partial charge in [0.2, 0.25) is 0 Å². The van der Waals surface area contributed by atoms with Crippen LogP contribution in [0.5, 0.6) is 0 Å². The van der Waals surface area contributed by atoms with Crippen LogP contribution in [0.1, 0.15) is 28.3 Å². The van der Waals surface area contributed by atoms with Gasteiger partial charge < -0.3 is 5.11 Å². The lowest BCUT2D eigenvalue weighted by molar-refractivity contribution is -0.138. The molecule has 1 aliphatic carbocycles. The highest BCUT2D eigenvalue weighted by Gasteiger charge is 2.33. The van der Waals surface area contributed by atoms with Gasteiger partial charge in [-0.1, -0.05) is 24.3 Å². The molecule has 0 saturated carbocycles. The summed E-state index contributed by atoms with van der Waals surface area (Å²) in [6.07, 6.45) is 0.106. The largest absolute Gasteiger partial charge is 0.481 e. The summed E-state index contributed by atoms with van der Waals surface area (Å²) in [5.41, 5.74) is 1.22. The minimum absolute atomic E-state index is 0.0667. The lowest BCUT2D eigenvalue weighted by atomic mass is 10.0. The summed E-state index contributed by atoms with van der Waals surface area (Å²) in [5.74, 6) is -1.62. The van der Waals surface area contributed by atoms with Crippen molar-refractivity contribution in [3.63, 3.8) is 0 Å². The first kappa shape index (κ1) is 7.98. The molecule has 0 bridgehead atoms. The molecule has 0 heterocycles. The van der Waals surface area contributed by atoms with Crippen molar-refractivity contribution in [3.05, 3.63) is 35.4 Å². The van der Waals surface area contributed by atoms with E-state index in [2.05, 4.69) is 0 Å². The fourth-order valence-electron chi connectivity index (χ4n) is 1.68. The normalized spacial score (nSPS) is 20.0. The van der Waals surface area contributed by atoms with Gasteiger partial charge in [-0.25, -0.2) is 0 Å². The third-order valence-corrected chi connectivity index (χ3v) is 2.32. The van der Waals surface area contributed by atoms with E-state index in [1.165, 1.54) is 0 Å². The molecule has 1 aliphatic rings. The van der Waals surface area contributed by atoms with Gasteiger partial charge >= 0.3 is 5.97 Å². The molecule has 2 rings (SSSR count). The second kappa shape index (κ2) is 2.69. The van der Waals surface area contributed by atoms with Crippen molar-refractivity contribution in [1.82, 2.24) is 0 Å². The summed E-state index contributed by atoms with van der Waals surface area (Å²) >= 11 is 0. The zero-order valence-electron chi connectivity index (χ0n) is 6.86. The summed E-state index contributed by atoms with van der Waals surface area (Å²) in [6.45, 7) is 0. The van der Waals surface area contributed by atoms with Gasteiger partial charge in [0.1, 0.15) is 0 Å². The molecule has 0 fully saturated rings. The average Bonchev–Trinajstić information content (AvgIpc) is 2.45. The highest BCUT2D eigenvalue weighted by atomic mass is 16.4. The summed E-state index contributed by atoms with van der Waals surface area (Å²) in [7, 11) is 0. The molecule has 0 unspecified atom stereocenters. The minimum Gasteiger partial charge on any atom is -0.481 e.